The van der Waals surface area contributed by atoms with Gasteiger partial charge < -0.3 is 5.32 Å². The molecular weight excluding hydrogens is 248 g/mol. The van der Waals surface area contributed by atoms with Gasteiger partial charge in [-0.15, -0.1) is 0 Å². The van der Waals surface area contributed by atoms with E-state index in [4.69, 9.17) is 0 Å². The summed E-state index contributed by atoms with van der Waals surface area (Å²) in [7, 11) is 0. The second kappa shape index (κ2) is 5.93. The molecule has 2 aromatic rings. The molecule has 0 aliphatic carbocycles. The normalized spacial score (nSPS) is 10.9. The van der Waals surface area contributed by atoms with Crippen molar-refractivity contribution in [2.75, 3.05) is 6.54 Å². The molecule has 5 heteroatoms. The molecule has 0 atom stereocenters. The maximum atomic E-state index is 13.6. The van der Waals surface area contributed by atoms with Crippen LogP contribution in [0.15, 0.2) is 24.4 Å². The first-order valence-electron chi connectivity index (χ1n) is 6.28. The van der Waals surface area contributed by atoms with Gasteiger partial charge in [0.2, 0.25) is 0 Å². The molecule has 0 aliphatic rings. The van der Waals surface area contributed by atoms with E-state index in [-0.39, 0.29) is 12.1 Å². The lowest BCUT2D eigenvalue weighted by molar-refractivity contribution is 0.532. The first kappa shape index (κ1) is 13.7. The van der Waals surface area contributed by atoms with Crippen molar-refractivity contribution in [1.29, 1.82) is 0 Å². The number of hydrogen-bond acceptors (Lipinski definition) is 2. The third-order valence-corrected chi connectivity index (χ3v) is 3.00. The SMILES string of the molecule is CCNCc1cn(Cc2c(F)cccc2F)nc1C. The number of nitrogens with zero attached hydrogens (tertiary/aromatic N) is 2. The van der Waals surface area contributed by atoms with Crippen molar-refractivity contribution in [2.24, 2.45) is 0 Å². The Morgan fingerprint density at radius 1 is 1.26 bits per heavy atom. The van der Waals surface area contributed by atoms with Crippen LogP contribution in [0.25, 0.3) is 0 Å². The minimum Gasteiger partial charge on any atom is -0.313 e. The maximum Gasteiger partial charge on any atom is 0.131 e. The van der Waals surface area contributed by atoms with Crippen LogP contribution < -0.4 is 5.32 Å². The summed E-state index contributed by atoms with van der Waals surface area (Å²) in [4.78, 5) is 0. The lowest BCUT2D eigenvalue weighted by atomic mass is 10.2. The molecule has 3 nitrogen and oxygen atoms in total. The highest BCUT2D eigenvalue weighted by Crippen LogP contribution is 2.14. The smallest absolute Gasteiger partial charge is 0.131 e. The van der Waals surface area contributed by atoms with E-state index in [1.54, 1.807) is 4.68 Å². The number of halogens is 2. The quantitative estimate of drug-likeness (QED) is 0.900. The third-order valence-electron chi connectivity index (χ3n) is 3.00. The summed E-state index contributed by atoms with van der Waals surface area (Å²) in [5.74, 6) is -1.08. The second-order valence-corrected chi connectivity index (χ2v) is 4.42. The molecule has 1 N–H and O–H groups in total. The molecule has 0 saturated heterocycles. The molecule has 0 bridgehead atoms. The monoisotopic (exact) mass is 265 g/mol. The van der Waals surface area contributed by atoms with Gasteiger partial charge in [-0.05, 0) is 25.6 Å². The molecule has 0 amide bonds. The molecule has 0 unspecified atom stereocenters. The van der Waals surface area contributed by atoms with Crippen LogP contribution >= 0.6 is 0 Å². The summed E-state index contributed by atoms with van der Waals surface area (Å²) in [6.45, 7) is 5.59. The van der Waals surface area contributed by atoms with Gasteiger partial charge >= 0.3 is 0 Å². The zero-order valence-corrected chi connectivity index (χ0v) is 11.1. The van der Waals surface area contributed by atoms with Crippen LogP contribution in [-0.4, -0.2) is 16.3 Å². The molecule has 1 aromatic heterocycles. The molecule has 0 spiro atoms. The predicted molar refractivity (Wildman–Crippen MR) is 69.8 cm³/mol. The van der Waals surface area contributed by atoms with Gasteiger partial charge in [0.05, 0.1) is 12.2 Å². The predicted octanol–water partition coefficient (Wildman–Crippen LogP) is 2.63. The number of aromatic nitrogens is 2. The summed E-state index contributed by atoms with van der Waals surface area (Å²) in [6, 6.07) is 3.88. The Hall–Kier alpha value is -1.75. The summed E-state index contributed by atoms with van der Waals surface area (Å²) >= 11 is 0. The highest BCUT2D eigenvalue weighted by molar-refractivity contribution is 5.21. The van der Waals surface area contributed by atoms with Gasteiger partial charge in [0.25, 0.3) is 0 Å². The van der Waals surface area contributed by atoms with E-state index < -0.39 is 11.6 Å². The van der Waals surface area contributed by atoms with Crippen LogP contribution in [0.1, 0.15) is 23.7 Å². The Morgan fingerprint density at radius 2 is 1.95 bits per heavy atom. The van der Waals surface area contributed by atoms with Gasteiger partial charge in [0, 0.05) is 23.9 Å². The van der Waals surface area contributed by atoms with Gasteiger partial charge in [-0.25, -0.2) is 8.78 Å². The highest BCUT2D eigenvalue weighted by atomic mass is 19.1. The Morgan fingerprint density at radius 3 is 2.58 bits per heavy atom. The van der Waals surface area contributed by atoms with E-state index in [1.807, 2.05) is 20.0 Å². The van der Waals surface area contributed by atoms with Crippen molar-refractivity contribution < 1.29 is 8.78 Å². The van der Waals surface area contributed by atoms with Crippen molar-refractivity contribution in [3.05, 3.63) is 52.9 Å². The standard InChI is InChI=1S/C14H17F2N3/c1-3-17-7-11-8-19(18-10(11)2)9-12-13(15)5-4-6-14(12)16/h4-6,8,17H,3,7,9H2,1-2H3. The lowest BCUT2D eigenvalue weighted by Gasteiger charge is -2.04. The fourth-order valence-corrected chi connectivity index (χ4v) is 1.92. The summed E-state index contributed by atoms with van der Waals surface area (Å²) < 4.78 is 28.7. The minimum atomic E-state index is -0.540. The van der Waals surface area contributed by atoms with Crippen LogP contribution in [0, 0.1) is 18.6 Å². The van der Waals surface area contributed by atoms with Crippen molar-refractivity contribution >= 4 is 0 Å². The average Bonchev–Trinajstić information content (AvgIpc) is 2.72. The average molecular weight is 265 g/mol. The van der Waals surface area contributed by atoms with Crippen LogP contribution in [0.5, 0.6) is 0 Å². The van der Waals surface area contributed by atoms with E-state index in [0.29, 0.717) is 6.54 Å². The van der Waals surface area contributed by atoms with E-state index in [9.17, 15) is 8.78 Å². The van der Waals surface area contributed by atoms with Gasteiger partial charge in [-0.3, -0.25) is 4.68 Å². The number of rotatable bonds is 5. The zero-order chi connectivity index (χ0) is 13.8. The highest BCUT2D eigenvalue weighted by Gasteiger charge is 2.11. The third kappa shape index (κ3) is 3.17. The summed E-state index contributed by atoms with van der Waals surface area (Å²) in [6.07, 6.45) is 1.82. The minimum absolute atomic E-state index is 0.0417. The largest absolute Gasteiger partial charge is 0.313 e. The van der Waals surface area contributed by atoms with Crippen LogP contribution in [0.3, 0.4) is 0 Å². The molecule has 1 heterocycles. The Balaban J connectivity index is 2.19. The van der Waals surface area contributed by atoms with Crippen LogP contribution in [0.4, 0.5) is 8.78 Å². The fourth-order valence-electron chi connectivity index (χ4n) is 1.92. The molecule has 2 rings (SSSR count). The summed E-state index contributed by atoms with van der Waals surface area (Å²) in [5.41, 5.74) is 1.95. The van der Waals surface area contributed by atoms with Gasteiger partial charge in [-0.2, -0.15) is 5.10 Å². The number of nitrogens with one attached hydrogen (secondary N) is 1. The molecule has 102 valence electrons. The van der Waals surface area contributed by atoms with E-state index in [1.165, 1.54) is 18.2 Å². The molecule has 1 aromatic carbocycles. The van der Waals surface area contributed by atoms with Crippen LogP contribution in [-0.2, 0) is 13.1 Å². The second-order valence-electron chi connectivity index (χ2n) is 4.42. The Labute approximate surface area is 111 Å². The molecule has 0 fully saturated rings. The van der Waals surface area contributed by atoms with Gasteiger partial charge in [0.15, 0.2) is 0 Å². The van der Waals surface area contributed by atoms with Crippen LogP contribution in [0.2, 0.25) is 0 Å². The number of aryl methyl sites for hydroxylation is 1. The lowest BCUT2D eigenvalue weighted by Crippen LogP contribution is -2.11. The molecule has 0 radical (unpaired) electrons. The first-order valence-corrected chi connectivity index (χ1v) is 6.28. The molecule has 0 aliphatic heterocycles. The Kier molecular flexibility index (Phi) is 4.27. The zero-order valence-electron chi connectivity index (χ0n) is 11.1. The van der Waals surface area contributed by atoms with Crippen molar-refractivity contribution in [3.8, 4) is 0 Å². The van der Waals surface area contributed by atoms with Gasteiger partial charge in [0.1, 0.15) is 11.6 Å². The van der Waals surface area contributed by atoms with Crippen molar-refractivity contribution in [3.63, 3.8) is 0 Å². The summed E-state index contributed by atoms with van der Waals surface area (Å²) in [5, 5.41) is 7.49. The van der Waals surface area contributed by atoms with Crippen molar-refractivity contribution in [2.45, 2.75) is 26.9 Å². The topological polar surface area (TPSA) is 29.9 Å². The fraction of sp³-hybridized carbons (Fsp3) is 0.357. The van der Waals surface area contributed by atoms with Gasteiger partial charge in [-0.1, -0.05) is 13.0 Å². The van der Waals surface area contributed by atoms with Crippen molar-refractivity contribution in [1.82, 2.24) is 15.1 Å². The molecular formula is C14H17F2N3. The number of hydrogen-bond donors (Lipinski definition) is 1. The number of benzene rings is 1. The Bertz CT molecular complexity index is 544. The maximum absolute atomic E-state index is 13.6. The van der Waals surface area contributed by atoms with E-state index in [0.717, 1.165) is 17.8 Å². The molecule has 0 saturated carbocycles. The first-order chi connectivity index (χ1) is 9.11. The molecule has 19 heavy (non-hydrogen) atoms. The van der Waals surface area contributed by atoms with E-state index in [2.05, 4.69) is 10.4 Å². The van der Waals surface area contributed by atoms with E-state index >= 15 is 0 Å².